The van der Waals surface area contributed by atoms with Crippen LogP contribution < -0.4 is 10.2 Å². The average Bonchev–Trinajstić information content (AvgIpc) is 2.89. The fraction of sp³-hybridized carbons (Fsp3) is 0.600. The molecular formula is C20H29FN4O2. The van der Waals surface area contributed by atoms with Crippen LogP contribution in [0.5, 0.6) is 0 Å². The molecule has 1 saturated heterocycles. The summed E-state index contributed by atoms with van der Waals surface area (Å²) in [5.74, 6) is 0.575. The summed E-state index contributed by atoms with van der Waals surface area (Å²) in [6, 6.07) is 3.88. The van der Waals surface area contributed by atoms with Gasteiger partial charge in [-0.25, -0.2) is 9.37 Å². The number of hydrogen-bond donors (Lipinski definition) is 1. The van der Waals surface area contributed by atoms with E-state index in [1.807, 2.05) is 56.3 Å². The number of fused-ring (bicyclic) bond motifs is 1. The Balaban J connectivity index is 1.82. The van der Waals surface area contributed by atoms with E-state index in [0.29, 0.717) is 13.0 Å². The molecule has 0 aliphatic carbocycles. The largest absolute Gasteiger partial charge is 0.366 e. The molecule has 0 saturated carbocycles. The summed E-state index contributed by atoms with van der Waals surface area (Å²) in [5, 5.41) is 2.90. The number of anilines is 2. The fourth-order valence-corrected chi connectivity index (χ4v) is 3.32. The molecule has 1 aliphatic rings. The molecule has 1 aromatic heterocycles. The minimum atomic E-state index is -0.807. The van der Waals surface area contributed by atoms with Gasteiger partial charge < -0.3 is 19.5 Å². The predicted molar refractivity (Wildman–Crippen MR) is 106 cm³/mol. The van der Waals surface area contributed by atoms with Gasteiger partial charge in [-0.3, -0.25) is 4.79 Å². The van der Waals surface area contributed by atoms with Gasteiger partial charge in [-0.2, -0.15) is 0 Å². The summed E-state index contributed by atoms with van der Waals surface area (Å²) < 4.78 is 21.3. The minimum absolute atomic E-state index is 0.000111. The van der Waals surface area contributed by atoms with Crippen molar-refractivity contribution in [2.45, 2.75) is 52.3 Å². The summed E-state index contributed by atoms with van der Waals surface area (Å²) in [5.41, 5.74) is 3.05. The SMILES string of the molecule is Cc1cc2c(cc1NC(=O)COC(C)(C)C)nc(N1CCCC(F)C1)n2C. The monoisotopic (exact) mass is 376 g/mol. The van der Waals surface area contributed by atoms with Crippen molar-refractivity contribution >= 4 is 28.6 Å². The molecule has 1 aliphatic heterocycles. The van der Waals surface area contributed by atoms with Crippen LogP contribution in [0, 0.1) is 6.92 Å². The zero-order chi connectivity index (χ0) is 19.8. The summed E-state index contributed by atoms with van der Waals surface area (Å²) >= 11 is 0. The van der Waals surface area contributed by atoms with Gasteiger partial charge in [0, 0.05) is 19.3 Å². The van der Waals surface area contributed by atoms with E-state index in [9.17, 15) is 9.18 Å². The number of halogens is 1. The number of aryl methyl sites for hydroxylation is 2. The number of imidazole rings is 1. The molecular weight excluding hydrogens is 347 g/mol. The normalized spacial score (nSPS) is 18.1. The number of aromatic nitrogens is 2. The highest BCUT2D eigenvalue weighted by Crippen LogP contribution is 2.28. The Bertz CT molecular complexity index is 841. The number of benzene rings is 1. The molecule has 6 nitrogen and oxygen atoms in total. The van der Waals surface area contributed by atoms with Gasteiger partial charge in [0.25, 0.3) is 0 Å². The van der Waals surface area contributed by atoms with E-state index in [4.69, 9.17) is 9.72 Å². The van der Waals surface area contributed by atoms with Crippen molar-refractivity contribution in [3.8, 4) is 0 Å². The first kappa shape index (κ1) is 19.6. The van der Waals surface area contributed by atoms with Gasteiger partial charge in [0.1, 0.15) is 12.8 Å². The molecule has 7 heteroatoms. The van der Waals surface area contributed by atoms with Gasteiger partial charge in [0.05, 0.1) is 23.2 Å². The number of carbonyl (C=O) groups is 1. The maximum atomic E-state index is 13.8. The quantitative estimate of drug-likeness (QED) is 0.886. The Kier molecular flexibility index (Phi) is 5.42. The minimum Gasteiger partial charge on any atom is -0.366 e. The van der Waals surface area contributed by atoms with Crippen LogP contribution in [-0.2, 0) is 16.6 Å². The molecule has 0 spiro atoms. The van der Waals surface area contributed by atoms with Crippen LogP contribution in [0.3, 0.4) is 0 Å². The first-order valence-corrected chi connectivity index (χ1v) is 9.44. The summed E-state index contributed by atoms with van der Waals surface area (Å²) in [6.45, 7) is 8.87. The molecule has 1 N–H and O–H groups in total. The molecule has 2 aromatic rings. The van der Waals surface area contributed by atoms with E-state index in [1.54, 1.807) is 0 Å². The van der Waals surface area contributed by atoms with E-state index in [-0.39, 0.29) is 18.1 Å². The molecule has 2 heterocycles. The summed E-state index contributed by atoms with van der Waals surface area (Å²) in [6.07, 6.45) is 0.642. The molecule has 0 radical (unpaired) electrons. The fourth-order valence-electron chi connectivity index (χ4n) is 3.32. The van der Waals surface area contributed by atoms with Crippen LogP contribution in [-0.4, -0.2) is 46.9 Å². The molecule has 1 fully saturated rings. The molecule has 27 heavy (non-hydrogen) atoms. The number of alkyl halides is 1. The number of hydrogen-bond acceptors (Lipinski definition) is 4. The van der Waals surface area contributed by atoms with Crippen LogP contribution in [0.25, 0.3) is 11.0 Å². The van der Waals surface area contributed by atoms with Gasteiger partial charge in [-0.1, -0.05) is 0 Å². The zero-order valence-corrected chi connectivity index (χ0v) is 16.8. The lowest BCUT2D eigenvalue weighted by Gasteiger charge is -2.29. The predicted octanol–water partition coefficient (Wildman–Crippen LogP) is 3.57. The van der Waals surface area contributed by atoms with Crippen LogP contribution >= 0.6 is 0 Å². The van der Waals surface area contributed by atoms with Crippen molar-refractivity contribution in [2.24, 2.45) is 7.05 Å². The van der Waals surface area contributed by atoms with Crippen molar-refractivity contribution in [3.05, 3.63) is 17.7 Å². The smallest absolute Gasteiger partial charge is 0.250 e. The van der Waals surface area contributed by atoms with Gasteiger partial charge in [0.2, 0.25) is 11.9 Å². The highest BCUT2D eigenvalue weighted by Gasteiger charge is 2.23. The molecule has 1 atom stereocenters. The lowest BCUT2D eigenvalue weighted by Crippen LogP contribution is -2.37. The Morgan fingerprint density at radius 2 is 2.15 bits per heavy atom. The van der Waals surface area contributed by atoms with E-state index in [0.717, 1.165) is 41.2 Å². The summed E-state index contributed by atoms with van der Waals surface area (Å²) in [7, 11) is 1.95. The number of ether oxygens (including phenoxy) is 1. The van der Waals surface area contributed by atoms with Gasteiger partial charge in [-0.15, -0.1) is 0 Å². The lowest BCUT2D eigenvalue weighted by atomic mass is 10.1. The molecule has 1 aromatic carbocycles. The maximum Gasteiger partial charge on any atom is 0.250 e. The summed E-state index contributed by atoms with van der Waals surface area (Å²) in [4.78, 5) is 18.9. The Labute approximate surface area is 159 Å². The second kappa shape index (κ2) is 7.46. The number of nitrogens with zero attached hydrogens (tertiary/aromatic N) is 3. The second-order valence-corrected chi connectivity index (χ2v) is 8.26. The average molecular weight is 376 g/mol. The maximum absolute atomic E-state index is 13.8. The molecule has 1 unspecified atom stereocenters. The van der Waals surface area contributed by atoms with Gasteiger partial charge >= 0.3 is 0 Å². The van der Waals surface area contributed by atoms with Crippen molar-refractivity contribution in [3.63, 3.8) is 0 Å². The van der Waals surface area contributed by atoms with Crippen LogP contribution in [0.1, 0.15) is 39.2 Å². The standard InChI is InChI=1S/C20H29FN4O2/c1-13-9-17-16(10-15(13)22-18(26)12-27-20(2,3)4)23-19(24(17)5)25-8-6-7-14(21)11-25/h9-10,14H,6-8,11-12H2,1-5H3,(H,22,26). The number of carbonyl (C=O) groups excluding carboxylic acids is 1. The van der Waals surface area contributed by atoms with Gasteiger partial charge in [0.15, 0.2) is 0 Å². The Hall–Kier alpha value is -2.15. The molecule has 1 amide bonds. The van der Waals surface area contributed by atoms with E-state index in [1.165, 1.54) is 0 Å². The lowest BCUT2D eigenvalue weighted by molar-refractivity contribution is -0.125. The Morgan fingerprint density at radius 1 is 1.41 bits per heavy atom. The van der Waals surface area contributed by atoms with Crippen molar-refractivity contribution in [2.75, 3.05) is 29.9 Å². The van der Waals surface area contributed by atoms with E-state index >= 15 is 0 Å². The zero-order valence-electron chi connectivity index (χ0n) is 16.8. The van der Waals surface area contributed by atoms with Crippen LogP contribution in [0.2, 0.25) is 0 Å². The topological polar surface area (TPSA) is 59.4 Å². The van der Waals surface area contributed by atoms with Crippen LogP contribution in [0.4, 0.5) is 16.0 Å². The van der Waals surface area contributed by atoms with Gasteiger partial charge in [-0.05, 0) is 58.2 Å². The number of rotatable bonds is 4. The second-order valence-electron chi connectivity index (χ2n) is 8.26. The van der Waals surface area contributed by atoms with E-state index < -0.39 is 6.17 Å². The number of amides is 1. The first-order valence-electron chi connectivity index (χ1n) is 9.44. The number of piperidine rings is 1. The first-order chi connectivity index (χ1) is 12.6. The third-order valence-corrected chi connectivity index (χ3v) is 4.76. The van der Waals surface area contributed by atoms with Crippen molar-refractivity contribution in [1.29, 1.82) is 0 Å². The third kappa shape index (κ3) is 4.58. The van der Waals surface area contributed by atoms with Crippen LogP contribution in [0.15, 0.2) is 12.1 Å². The van der Waals surface area contributed by atoms with Crippen molar-refractivity contribution in [1.82, 2.24) is 9.55 Å². The highest BCUT2D eigenvalue weighted by molar-refractivity contribution is 5.95. The third-order valence-electron chi connectivity index (χ3n) is 4.76. The molecule has 148 valence electrons. The highest BCUT2D eigenvalue weighted by atomic mass is 19.1. The van der Waals surface area contributed by atoms with Crippen molar-refractivity contribution < 1.29 is 13.9 Å². The molecule has 3 rings (SSSR count). The number of nitrogens with one attached hydrogen (secondary N) is 1. The molecule has 0 bridgehead atoms. The Morgan fingerprint density at radius 3 is 2.81 bits per heavy atom. The van der Waals surface area contributed by atoms with E-state index in [2.05, 4.69) is 5.32 Å².